The third kappa shape index (κ3) is 3.11. The average molecular weight is 224 g/mol. The Morgan fingerprint density at radius 2 is 1.87 bits per heavy atom. The number of carboxylic acid groups (broad SMARTS) is 1. The molecule has 0 saturated heterocycles. The molecule has 1 rings (SSSR count). The average Bonchev–Trinajstić information content (AvgIpc) is 2.06. The van der Waals surface area contributed by atoms with Crippen LogP contribution in [0.3, 0.4) is 0 Å². The van der Waals surface area contributed by atoms with Crippen molar-refractivity contribution in [2.24, 2.45) is 11.3 Å². The highest BCUT2D eigenvalue weighted by molar-refractivity contribution is 5.74. The number of aliphatic carboxylic acids is 1. The van der Waals surface area contributed by atoms with Gasteiger partial charge in [-0.15, -0.1) is 0 Å². The van der Waals surface area contributed by atoms with Gasteiger partial charge < -0.3 is 5.11 Å². The van der Waals surface area contributed by atoms with Crippen LogP contribution >= 0.6 is 0 Å². The van der Waals surface area contributed by atoms with Gasteiger partial charge in [-0.05, 0) is 31.6 Å². The van der Waals surface area contributed by atoms with Gasteiger partial charge in [0.25, 0.3) is 0 Å². The van der Waals surface area contributed by atoms with Gasteiger partial charge in [0.2, 0.25) is 0 Å². The highest BCUT2D eigenvalue weighted by Gasteiger charge is 2.48. The fourth-order valence-electron chi connectivity index (χ4n) is 2.16. The fraction of sp³-hybridized carbons (Fsp3) is 0.900. The third-order valence-electron chi connectivity index (χ3n) is 3.22. The zero-order valence-corrected chi connectivity index (χ0v) is 8.60. The van der Waals surface area contributed by atoms with Crippen LogP contribution in [0.25, 0.3) is 0 Å². The Balaban J connectivity index is 2.76. The van der Waals surface area contributed by atoms with Gasteiger partial charge in [0, 0.05) is 0 Å². The molecule has 1 saturated carbocycles. The summed E-state index contributed by atoms with van der Waals surface area (Å²) in [5.74, 6) is -0.961. The van der Waals surface area contributed by atoms with Crippen molar-refractivity contribution in [2.75, 3.05) is 0 Å². The highest BCUT2D eigenvalue weighted by Crippen LogP contribution is 2.46. The summed E-state index contributed by atoms with van der Waals surface area (Å²) in [5.41, 5.74) is -1.56. The minimum atomic E-state index is -4.39. The van der Waals surface area contributed by atoms with E-state index in [-0.39, 0.29) is 12.8 Å². The molecule has 0 aromatic heterocycles. The largest absolute Gasteiger partial charge is 0.481 e. The standard InChI is InChI=1S/C10H15F3O2/c1-7-2-4-9(5-3-7,8(14)15)6-10(11,12)13/h7H,2-6H2,1H3,(H,14,15). The second-order valence-electron chi connectivity index (χ2n) is 4.56. The van der Waals surface area contributed by atoms with E-state index in [9.17, 15) is 18.0 Å². The zero-order chi connectivity index (χ0) is 11.7. The minimum absolute atomic E-state index is 0.142. The molecule has 0 atom stereocenters. The topological polar surface area (TPSA) is 37.3 Å². The van der Waals surface area contributed by atoms with Gasteiger partial charge in [0.1, 0.15) is 0 Å². The molecule has 0 heterocycles. The molecule has 0 amide bonds. The highest BCUT2D eigenvalue weighted by atomic mass is 19.4. The maximum absolute atomic E-state index is 12.3. The summed E-state index contributed by atoms with van der Waals surface area (Å²) in [5, 5.41) is 8.94. The molecular formula is C10H15F3O2. The van der Waals surface area contributed by atoms with Crippen LogP contribution in [0, 0.1) is 11.3 Å². The normalized spacial score (nSPS) is 32.7. The molecule has 0 aliphatic heterocycles. The number of hydrogen-bond acceptors (Lipinski definition) is 1. The summed E-state index contributed by atoms with van der Waals surface area (Å²) >= 11 is 0. The van der Waals surface area contributed by atoms with E-state index in [1.54, 1.807) is 0 Å². The first-order chi connectivity index (χ1) is 6.75. The predicted molar refractivity (Wildman–Crippen MR) is 48.4 cm³/mol. The Morgan fingerprint density at radius 3 is 2.20 bits per heavy atom. The van der Waals surface area contributed by atoms with Crippen molar-refractivity contribution in [3.63, 3.8) is 0 Å². The molecule has 0 radical (unpaired) electrons. The molecule has 0 bridgehead atoms. The van der Waals surface area contributed by atoms with Gasteiger partial charge in [-0.2, -0.15) is 13.2 Å². The van der Waals surface area contributed by atoms with Crippen LogP contribution in [-0.2, 0) is 4.79 Å². The third-order valence-corrected chi connectivity index (χ3v) is 3.22. The van der Waals surface area contributed by atoms with E-state index in [0.717, 1.165) is 0 Å². The fourth-order valence-corrected chi connectivity index (χ4v) is 2.16. The first kappa shape index (κ1) is 12.3. The lowest BCUT2D eigenvalue weighted by Gasteiger charge is -2.36. The molecule has 0 spiro atoms. The SMILES string of the molecule is CC1CCC(CC(F)(F)F)(C(=O)O)CC1. The van der Waals surface area contributed by atoms with Gasteiger partial charge in [-0.1, -0.05) is 6.92 Å². The smallest absolute Gasteiger partial charge is 0.390 e. The molecule has 1 aliphatic rings. The molecule has 2 nitrogen and oxygen atoms in total. The van der Waals surface area contributed by atoms with Gasteiger partial charge in [-0.3, -0.25) is 4.79 Å². The van der Waals surface area contributed by atoms with Gasteiger partial charge in [0.15, 0.2) is 0 Å². The molecule has 0 aromatic carbocycles. The summed E-state index contributed by atoms with van der Waals surface area (Å²) in [7, 11) is 0. The number of hydrogen-bond donors (Lipinski definition) is 1. The molecule has 5 heteroatoms. The number of halogens is 3. The zero-order valence-electron chi connectivity index (χ0n) is 8.60. The molecule has 88 valence electrons. The lowest BCUT2D eigenvalue weighted by molar-refractivity contribution is -0.183. The van der Waals surface area contributed by atoms with E-state index in [0.29, 0.717) is 18.8 Å². The summed E-state index contributed by atoms with van der Waals surface area (Å²) in [4.78, 5) is 11.0. The first-order valence-electron chi connectivity index (χ1n) is 5.05. The lowest BCUT2D eigenvalue weighted by Crippen LogP contribution is -2.39. The van der Waals surface area contributed by atoms with Gasteiger partial charge >= 0.3 is 12.1 Å². The van der Waals surface area contributed by atoms with Crippen LogP contribution in [0.15, 0.2) is 0 Å². The van der Waals surface area contributed by atoms with E-state index in [4.69, 9.17) is 5.11 Å². The lowest BCUT2D eigenvalue weighted by atomic mass is 9.69. The van der Waals surface area contributed by atoms with Crippen molar-refractivity contribution >= 4 is 5.97 Å². The van der Waals surface area contributed by atoms with Crippen LogP contribution in [-0.4, -0.2) is 17.3 Å². The van der Waals surface area contributed by atoms with Crippen LogP contribution in [0.4, 0.5) is 13.2 Å². The molecule has 0 unspecified atom stereocenters. The number of rotatable bonds is 2. The minimum Gasteiger partial charge on any atom is -0.481 e. The molecule has 15 heavy (non-hydrogen) atoms. The van der Waals surface area contributed by atoms with E-state index in [1.165, 1.54) is 0 Å². The van der Waals surface area contributed by atoms with Gasteiger partial charge in [-0.25, -0.2) is 0 Å². The second-order valence-corrected chi connectivity index (χ2v) is 4.56. The van der Waals surface area contributed by atoms with Crippen molar-refractivity contribution in [1.82, 2.24) is 0 Å². The quantitative estimate of drug-likeness (QED) is 0.781. The number of carboxylic acids is 1. The number of alkyl halides is 3. The summed E-state index contributed by atoms with van der Waals surface area (Å²) < 4.78 is 36.8. The van der Waals surface area contributed by atoms with Gasteiger partial charge in [0.05, 0.1) is 11.8 Å². The summed E-state index contributed by atoms with van der Waals surface area (Å²) in [6.07, 6.45) is -4.15. The molecule has 0 aromatic rings. The second kappa shape index (κ2) is 4.02. The summed E-state index contributed by atoms with van der Waals surface area (Å²) in [6, 6.07) is 0. The maximum Gasteiger partial charge on any atom is 0.390 e. The Kier molecular flexibility index (Phi) is 3.31. The Bertz CT molecular complexity index is 240. The molecule has 1 aliphatic carbocycles. The van der Waals surface area contributed by atoms with Crippen molar-refractivity contribution in [3.05, 3.63) is 0 Å². The monoisotopic (exact) mass is 224 g/mol. The van der Waals surface area contributed by atoms with Crippen molar-refractivity contribution in [3.8, 4) is 0 Å². The molecular weight excluding hydrogens is 209 g/mol. The van der Waals surface area contributed by atoms with E-state index >= 15 is 0 Å². The Labute approximate surface area is 86.5 Å². The maximum atomic E-state index is 12.3. The predicted octanol–water partition coefficient (Wildman–Crippen LogP) is 3.22. The first-order valence-corrected chi connectivity index (χ1v) is 5.05. The number of carbonyl (C=O) groups is 1. The van der Waals surface area contributed by atoms with Crippen LogP contribution < -0.4 is 0 Å². The van der Waals surface area contributed by atoms with E-state index < -0.39 is 24.0 Å². The van der Waals surface area contributed by atoms with E-state index in [2.05, 4.69) is 0 Å². The van der Waals surface area contributed by atoms with Crippen molar-refractivity contribution < 1.29 is 23.1 Å². The summed E-state index contributed by atoms with van der Waals surface area (Å²) in [6.45, 7) is 1.94. The van der Waals surface area contributed by atoms with E-state index in [1.807, 2.05) is 6.92 Å². The van der Waals surface area contributed by atoms with Crippen LogP contribution in [0.5, 0.6) is 0 Å². The van der Waals surface area contributed by atoms with Crippen molar-refractivity contribution in [2.45, 2.75) is 45.2 Å². The molecule has 1 fully saturated rings. The van der Waals surface area contributed by atoms with Crippen LogP contribution in [0.2, 0.25) is 0 Å². The van der Waals surface area contributed by atoms with Crippen molar-refractivity contribution in [1.29, 1.82) is 0 Å². The molecule has 1 N–H and O–H groups in total. The Morgan fingerprint density at radius 1 is 1.40 bits per heavy atom. The Hall–Kier alpha value is -0.740. The van der Waals surface area contributed by atoms with Crippen LogP contribution in [0.1, 0.15) is 39.0 Å².